The van der Waals surface area contributed by atoms with Crippen LogP contribution in [0.15, 0.2) is 54.9 Å². The van der Waals surface area contributed by atoms with Crippen LogP contribution in [-0.4, -0.2) is 9.97 Å². The molecule has 3 nitrogen and oxygen atoms in total. The third-order valence-electron chi connectivity index (χ3n) is 3.06. The summed E-state index contributed by atoms with van der Waals surface area (Å²) in [6, 6.07) is 14.0. The highest BCUT2D eigenvalue weighted by atomic mass is 16.5. The van der Waals surface area contributed by atoms with Gasteiger partial charge in [-0.25, -0.2) is 0 Å². The average molecular weight is 250 g/mol. The molecule has 0 unspecified atom stereocenters. The zero-order valence-corrected chi connectivity index (χ0v) is 10.7. The molecule has 0 amide bonds. The topological polar surface area (TPSA) is 35.0 Å². The number of fused-ring (bicyclic) bond motifs is 1. The summed E-state index contributed by atoms with van der Waals surface area (Å²) in [6.45, 7) is 2.50. The Labute approximate surface area is 111 Å². The molecule has 19 heavy (non-hydrogen) atoms. The lowest BCUT2D eigenvalue weighted by Crippen LogP contribution is -2.00. The number of aromatic nitrogens is 2. The maximum Gasteiger partial charge on any atom is 0.138 e. The number of aryl methyl sites for hydroxylation is 1. The van der Waals surface area contributed by atoms with Gasteiger partial charge in [-0.1, -0.05) is 24.3 Å². The molecule has 0 saturated heterocycles. The van der Waals surface area contributed by atoms with E-state index in [1.807, 2.05) is 49.4 Å². The van der Waals surface area contributed by atoms with Gasteiger partial charge in [0.25, 0.3) is 0 Å². The van der Waals surface area contributed by atoms with E-state index in [0.717, 1.165) is 27.9 Å². The van der Waals surface area contributed by atoms with Gasteiger partial charge in [-0.2, -0.15) is 0 Å². The molecule has 1 aromatic carbocycles. The lowest BCUT2D eigenvalue weighted by atomic mass is 10.2. The van der Waals surface area contributed by atoms with Crippen molar-refractivity contribution in [1.29, 1.82) is 0 Å². The molecule has 0 bridgehead atoms. The summed E-state index contributed by atoms with van der Waals surface area (Å²) in [5.41, 5.74) is 3.07. The summed E-state index contributed by atoms with van der Waals surface area (Å²) in [6.07, 6.45) is 3.53. The number of para-hydroxylation sites is 1. The van der Waals surface area contributed by atoms with Gasteiger partial charge < -0.3 is 4.74 Å². The van der Waals surface area contributed by atoms with Crippen molar-refractivity contribution in [3.63, 3.8) is 0 Å². The Kier molecular flexibility index (Phi) is 3.11. The number of nitrogens with zero attached hydrogens (tertiary/aromatic N) is 2. The van der Waals surface area contributed by atoms with Gasteiger partial charge in [0.05, 0.1) is 17.4 Å². The molecule has 94 valence electrons. The molecule has 0 aliphatic heterocycles. The van der Waals surface area contributed by atoms with Gasteiger partial charge in [0.1, 0.15) is 12.4 Å². The van der Waals surface area contributed by atoms with E-state index in [1.54, 1.807) is 12.4 Å². The van der Waals surface area contributed by atoms with Crippen molar-refractivity contribution in [1.82, 2.24) is 9.97 Å². The third-order valence-corrected chi connectivity index (χ3v) is 3.06. The van der Waals surface area contributed by atoms with Crippen LogP contribution < -0.4 is 4.74 Å². The lowest BCUT2D eigenvalue weighted by molar-refractivity contribution is 0.300. The summed E-state index contributed by atoms with van der Waals surface area (Å²) in [4.78, 5) is 8.68. The number of benzene rings is 1. The van der Waals surface area contributed by atoms with Gasteiger partial charge in [-0.15, -0.1) is 0 Å². The Hall–Kier alpha value is -2.42. The Morgan fingerprint density at radius 1 is 1.05 bits per heavy atom. The number of pyridine rings is 2. The van der Waals surface area contributed by atoms with Crippen LogP contribution in [0.1, 0.15) is 11.3 Å². The number of ether oxygens (including phenoxy) is 1. The van der Waals surface area contributed by atoms with Gasteiger partial charge >= 0.3 is 0 Å². The minimum Gasteiger partial charge on any atom is -0.486 e. The predicted molar refractivity (Wildman–Crippen MR) is 75.0 cm³/mol. The van der Waals surface area contributed by atoms with Crippen LogP contribution in [0, 0.1) is 6.92 Å². The van der Waals surface area contributed by atoms with Crippen molar-refractivity contribution in [2.24, 2.45) is 0 Å². The molecule has 3 rings (SSSR count). The van der Waals surface area contributed by atoms with Gasteiger partial charge in [-0.05, 0) is 30.7 Å². The lowest BCUT2D eigenvalue weighted by Gasteiger charge is -2.08. The Bertz CT molecular complexity index is 710. The van der Waals surface area contributed by atoms with Crippen molar-refractivity contribution in [3.05, 3.63) is 66.1 Å². The summed E-state index contributed by atoms with van der Waals surface area (Å²) in [5.74, 6) is 0.767. The van der Waals surface area contributed by atoms with Crippen LogP contribution in [0.5, 0.6) is 5.75 Å². The third kappa shape index (κ3) is 2.55. The van der Waals surface area contributed by atoms with Crippen LogP contribution in [-0.2, 0) is 6.61 Å². The highest BCUT2D eigenvalue weighted by molar-refractivity contribution is 5.79. The zero-order valence-electron chi connectivity index (χ0n) is 10.7. The van der Waals surface area contributed by atoms with Gasteiger partial charge in [-0.3, -0.25) is 9.97 Å². The second-order valence-corrected chi connectivity index (χ2v) is 4.42. The molecule has 0 aliphatic carbocycles. The first-order valence-corrected chi connectivity index (χ1v) is 6.21. The van der Waals surface area contributed by atoms with E-state index in [0.29, 0.717) is 6.61 Å². The van der Waals surface area contributed by atoms with Gasteiger partial charge in [0.15, 0.2) is 0 Å². The molecule has 2 heterocycles. The summed E-state index contributed by atoms with van der Waals surface area (Å²) in [7, 11) is 0. The van der Waals surface area contributed by atoms with E-state index in [2.05, 4.69) is 9.97 Å². The molecular formula is C16H14N2O. The molecule has 0 saturated carbocycles. The summed E-state index contributed by atoms with van der Waals surface area (Å²) < 4.78 is 5.76. The van der Waals surface area contributed by atoms with E-state index in [1.165, 1.54) is 0 Å². The van der Waals surface area contributed by atoms with Crippen LogP contribution in [0.4, 0.5) is 0 Å². The maximum atomic E-state index is 5.76. The SMILES string of the molecule is Cc1cccnc1COc1cnc2ccccc2c1. The Morgan fingerprint density at radius 2 is 1.95 bits per heavy atom. The predicted octanol–water partition coefficient (Wildman–Crippen LogP) is 3.52. The van der Waals surface area contributed by atoms with Crippen LogP contribution in [0.25, 0.3) is 10.9 Å². The molecule has 3 heteroatoms. The standard InChI is InChI=1S/C16H14N2O/c1-12-5-4-8-17-16(12)11-19-14-9-13-6-2-3-7-15(13)18-10-14/h2-10H,11H2,1H3. The van der Waals surface area contributed by atoms with Crippen molar-refractivity contribution in [2.45, 2.75) is 13.5 Å². The van der Waals surface area contributed by atoms with Gasteiger partial charge in [0, 0.05) is 11.6 Å². The summed E-state index contributed by atoms with van der Waals surface area (Å²) in [5, 5.41) is 1.08. The molecule has 0 radical (unpaired) electrons. The van der Waals surface area contributed by atoms with Crippen LogP contribution in [0.3, 0.4) is 0 Å². The van der Waals surface area contributed by atoms with E-state index >= 15 is 0 Å². The maximum absolute atomic E-state index is 5.76. The smallest absolute Gasteiger partial charge is 0.138 e. The molecule has 2 aromatic heterocycles. The van der Waals surface area contributed by atoms with E-state index in [-0.39, 0.29) is 0 Å². The fourth-order valence-electron chi connectivity index (χ4n) is 1.95. The van der Waals surface area contributed by atoms with Crippen molar-refractivity contribution in [2.75, 3.05) is 0 Å². The first kappa shape index (κ1) is 11.7. The summed E-state index contributed by atoms with van der Waals surface area (Å²) >= 11 is 0. The number of hydrogen-bond acceptors (Lipinski definition) is 3. The average Bonchev–Trinajstić information content (AvgIpc) is 2.46. The van der Waals surface area contributed by atoms with E-state index in [9.17, 15) is 0 Å². The fraction of sp³-hybridized carbons (Fsp3) is 0.125. The molecule has 0 aliphatic rings. The number of hydrogen-bond donors (Lipinski definition) is 0. The molecule has 3 aromatic rings. The van der Waals surface area contributed by atoms with Crippen LogP contribution in [0.2, 0.25) is 0 Å². The molecule has 0 spiro atoms. The minimum atomic E-state index is 0.465. The number of rotatable bonds is 3. The second kappa shape index (κ2) is 5.06. The van der Waals surface area contributed by atoms with E-state index < -0.39 is 0 Å². The highest BCUT2D eigenvalue weighted by Crippen LogP contribution is 2.19. The van der Waals surface area contributed by atoms with Crippen molar-refractivity contribution < 1.29 is 4.74 Å². The molecular weight excluding hydrogens is 236 g/mol. The normalized spacial score (nSPS) is 10.6. The van der Waals surface area contributed by atoms with Crippen LogP contribution >= 0.6 is 0 Å². The Morgan fingerprint density at radius 3 is 2.84 bits per heavy atom. The fourth-order valence-corrected chi connectivity index (χ4v) is 1.95. The zero-order chi connectivity index (χ0) is 13.1. The van der Waals surface area contributed by atoms with Crippen molar-refractivity contribution in [3.8, 4) is 5.75 Å². The largest absolute Gasteiger partial charge is 0.486 e. The Balaban J connectivity index is 1.80. The highest BCUT2D eigenvalue weighted by Gasteiger charge is 2.02. The van der Waals surface area contributed by atoms with Crippen molar-refractivity contribution >= 4 is 10.9 Å². The van der Waals surface area contributed by atoms with E-state index in [4.69, 9.17) is 4.74 Å². The minimum absolute atomic E-state index is 0.465. The first-order valence-electron chi connectivity index (χ1n) is 6.21. The monoisotopic (exact) mass is 250 g/mol. The molecule has 0 N–H and O–H groups in total. The quantitative estimate of drug-likeness (QED) is 0.713. The second-order valence-electron chi connectivity index (χ2n) is 4.42. The molecule has 0 fully saturated rings. The first-order chi connectivity index (χ1) is 9.33. The molecule has 0 atom stereocenters. The van der Waals surface area contributed by atoms with Gasteiger partial charge in [0.2, 0.25) is 0 Å².